The minimum absolute atomic E-state index is 0.0900. The summed E-state index contributed by atoms with van der Waals surface area (Å²) in [4.78, 5) is 23.5. The molecule has 0 saturated heterocycles. The minimum atomic E-state index is -0.576. The van der Waals surface area contributed by atoms with Gasteiger partial charge in [0.1, 0.15) is 0 Å². The third-order valence-electron chi connectivity index (χ3n) is 3.86. The van der Waals surface area contributed by atoms with Crippen molar-refractivity contribution in [2.24, 2.45) is 5.73 Å². The zero-order chi connectivity index (χ0) is 17.4. The first kappa shape index (κ1) is 17.7. The summed E-state index contributed by atoms with van der Waals surface area (Å²) in [5.41, 5.74) is 6.79. The molecule has 2 rings (SSSR count). The molecule has 0 aliphatic carbocycles. The minimum Gasteiger partial charge on any atom is -0.346 e. The first-order chi connectivity index (χ1) is 11.5. The molecule has 126 valence electrons. The number of carbonyl (C=O) groups excluding carboxylic acids is 2. The fraction of sp³-hybridized carbons (Fsp3) is 0.263. The van der Waals surface area contributed by atoms with Gasteiger partial charge in [-0.2, -0.15) is 0 Å². The van der Waals surface area contributed by atoms with Crippen molar-refractivity contribution in [2.45, 2.75) is 18.9 Å². The van der Waals surface area contributed by atoms with E-state index < -0.39 is 5.54 Å². The van der Waals surface area contributed by atoms with Crippen LogP contribution >= 0.6 is 0 Å². The molecule has 5 heteroatoms. The van der Waals surface area contributed by atoms with Gasteiger partial charge in [-0.25, -0.2) is 0 Å². The Hall–Kier alpha value is -2.66. The van der Waals surface area contributed by atoms with Crippen LogP contribution in [0.5, 0.6) is 0 Å². The quantitative estimate of drug-likeness (QED) is 0.718. The van der Waals surface area contributed by atoms with Crippen molar-refractivity contribution in [3.8, 4) is 0 Å². The maximum Gasteiger partial charge on any atom is 0.240 e. The molecule has 0 heterocycles. The van der Waals surface area contributed by atoms with Crippen molar-refractivity contribution in [1.29, 1.82) is 0 Å². The molecule has 2 amide bonds. The van der Waals surface area contributed by atoms with E-state index in [2.05, 4.69) is 10.6 Å². The number of nitrogens with two attached hydrogens (primary N) is 1. The molecular formula is C19H23N3O2. The molecule has 0 radical (unpaired) electrons. The molecular weight excluding hydrogens is 302 g/mol. The number of benzene rings is 2. The lowest BCUT2D eigenvalue weighted by molar-refractivity contribution is -0.126. The highest BCUT2D eigenvalue weighted by molar-refractivity contribution is 5.85. The highest BCUT2D eigenvalue weighted by Crippen LogP contribution is 2.25. The van der Waals surface area contributed by atoms with Gasteiger partial charge in [0.25, 0.3) is 0 Å². The summed E-state index contributed by atoms with van der Waals surface area (Å²) in [5.74, 6) is -0.603. The molecule has 2 aromatic rings. The van der Waals surface area contributed by atoms with E-state index >= 15 is 0 Å². The van der Waals surface area contributed by atoms with Crippen molar-refractivity contribution in [3.05, 3.63) is 71.8 Å². The number of carbonyl (C=O) groups is 2. The van der Waals surface area contributed by atoms with Crippen molar-refractivity contribution in [2.75, 3.05) is 13.1 Å². The summed E-state index contributed by atoms with van der Waals surface area (Å²) in [6, 6.07) is 19.8. The van der Waals surface area contributed by atoms with E-state index in [1.807, 2.05) is 67.6 Å². The van der Waals surface area contributed by atoms with E-state index in [9.17, 15) is 9.59 Å². The van der Waals surface area contributed by atoms with Crippen molar-refractivity contribution in [1.82, 2.24) is 10.6 Å². The van der Waals surface area contributed by atoms with Gasteiger partial charge in [0.05, 0.1) is 18.6 Å². The molecule has 0 aliphatic heterocycles. The molecule has 0 fully saturated rings. The second-order valence-corrected chi connectivity index (χ2v) is 5.89. The number of nitrogens with one attached hydrogen (secondary N) is 2. The number of hydrogen-bond donors (Lipinski definition) is 3. The Balaban J connectivity index is 2.17. The smallest absolute Gasteiger partial charge is 0.240 e. The van der Waals surface area contributed by atoms with Gasteiger partial charge in [-0.05, 0) is 24.5 Å². The molecule has 0 aromatic heterocycles. The Morgan fingerprint density at radius 3 is 2.12 bits per heavy atom. The van der Waals surface area contributed by atoms with Crippen LogP contribution in [-0.2, 0) is 21.5 Å². The van der Waals surface area contributed by atoms with Gasteiger partial charge in [-0.15, -0.1) is 0 Å². The monoisotopic (exact) mass is 325 g/mol. The molecule has 0 spiro atoms. The zero-order valence-electron chi connectivity index (χ0n) is 13.8. The van der Waals surface area contributed by atoms with Crippen molar-refractivity contribution >= 4 is 11.8 Å². The van der Waals surface area contributed by atoms with Crippen molar-refractivity contribution in [3.63, 3.8) is 0 Å². The summed E-state index contributed by atoms with van der Waals surface area (Å²) < 4.78 is 0. The number of rotatable bonds is 7. The predicted octanol–water partition coefficient (Wildman–Crippen LogP) is 1.34. The molecule has 24 heavy (non-hydrogen) atoms. The fourth-order valence-corrected chi connectivity index (χ4v) is 2.63. The predicted molar refractivity (Wildman–Crippen MR) is 94.1 cm³/mol. The zero-order valence-corrected chi connectivity index (χ0v) is 13.8. The average Bonchev–Trinajstić information content (AvgIpc) is 2.61. The first-order valence-corrected chi connectivity index (χ1v) is 7.91. The summed E-state index contributed by atoms with van der Waals surface area (Å²) in [6.45, 7) is 1.76. The molecule has 1 atom stereocenters. The van der Waals surface area contributed by atoms with Crippen LogP contribution in [0.1, 0.15) is 18.1 Å². The van der Waals surface area contributed by atoms with Crippen molar-refractivity contribution < 1.29 is 9.59 Å². The fourth-order valence-electron chi connectivity index (χ4n) is 2.63. The molecule has 4 N–H and O–H groups in total. The second-order valence-electron chi connectivity index (χ2n) is 5.89. The van der Waals surface area contributed by atoms with Crippen LogP contribution < -0.4 is 16.4 Å². The standard InChI is InChI=1S/C19H23N3O2/c1-19(16-10-6-3-7-11-16,12-15-8-4-2-5-9-15)22-18(24)14-21-17(23)13-20/h2-11H,12-14,20H2,1H3,(H,21,23)(H,22,24). The molecule has 0 aliphatic rings. The van der Waals surface area contributed by atoms with E-state index in [4.69, 9.17) is 5.73 Å². The Bertz CT molecular complexity index is 674. The molecule has 1 unspecified atom stereocenters. The highest BCUT2D eigenvalue weighted by Gasteiger charge is 2.28. The molecule has 2 aromatic carbocycles. The number of hydrogen-bond acceptors (Lipinski definition) is 3. The van der Waals surface area contributed by atoms with Gasteiger partial charge >= 0.3 is 0 Å². The van der Waals surface area contributed by atoms with Gasteiger partial charge < -0.3 is 16.4 Å². The largest absolute Gasteiger partial charge is 0.346 e. The Morgan fingerprint density at radius 2 is 1.54 bits per heavy atom. The summed E-state index contributed by atoms with van der Waals surface area (Å²) in [5, 5.41) is 5.54. The summed E-state index contributed by atoms with van der Waals surface area (Å²) >= 11 is 0. The maximum atomic E-state index is 12.3. The van der Waals surface area contributed by atoms with Gasteiger partial charge in [0, 0.05) is 0 Å². The Labute approximate surface area is 142 Å². The van der Waals surface area contributed by atoms with E-state index in [0.717, 1.165) is 11.1 Å². The van der Waals surface area contributed by atoms with E-state index in [1.54, 1.807) is 0 Å². The van der Waals surface area contributed by atoms with Crippen LogP contribution in [0.15, 0.2) is 60.7 Å². The average molecular weight is 325 g/mol. The summed E-state index contributed by atoms with van der Waals surface area (Å²) in [6.07, 6.45) is 0.647. The van der Waals surface area contributed by atoms with Crippen LogP contribution in [0.3, 0.4) is 0 Å². The normalized spacial score (nSPS) is 12.9. The topological polar surface area (TPSA) is 84.2 Å². The van der Waals surface area contributed by atoms with E-state index in [-0.39, 0.29) is 24.9 Å². The third kappa shape index (κ3) is 4.93. The second kappa shape index (κ2) is 8.26. The SMILES string of the molecule is CC(Cc1ccccc1)(NC(=O)CNC(=O)CN)c1ccccc1. The Morgan fingerprint density at radius 1 is 0.958 bits per heavy atom. The highest BCUT2D eigenvalue weighted by atomic mass is 16.2. The van der Waals surface area contributed by atoms with Crippen LogP contribution in [0, 0.1) is 0 Å². The Kier molecular flexibility index (Phi) is 6.09. The van der Waals surface area contributed by atoms with Crippen LogP contribution in [0.4, 0.5) is 0 Å². The van der Waals surface area contributed by atoms with Gasteiger partial charge in [-0.3, -0.25) is 9.59 Å². The van der Waals surface area contributed by atoms with E-state index in [1.165, 1.54) is 0 Å². The third-order valence-corrected chi connectivity index (χ3v) is 3.86. The molecule has 0 bridgehead atoms. The molecule has 0 saturated carbocycles. The van der Waals surface area contributed by atoms with E-state index in [0.29, 0.717) is 6.42 Å². The lowest BCUT2D eigenvalue weighted by atomic mass is 9.85. The molecule has 5 nitrogen and oxygen atoms in total. The van der Waals surface area contributed by atoms with Gasteiger partial charge in [-0.1, -0.05) is 60.7 Å². The number of amides is 2. The van der Waals surface area contributed by atoms with Crippen LogP contribution in [-0.4, -0.2) is 24.9 Å². The lowest BCUT2D eigenvalue weighted by Crippen LogP contribution is -2.49. The lowest BCUT2D eigenvalue weighted by Gasteiger charge is -2.32. The van der Waals surface area contributed by atoms with Crippen LogP contribution in [0.2, 0.25) is 0 Å². The maximum absolute atomic E-state index is 12.3. The van der Waals surface area contributed by atoms with Gasteiger partial charge in [0.15, 0.2) is 0 Å². The first-order valence-electron chi connectivity index (χ1n) is 7.91. The van der Waals surface area contributed by atoms with Crippen LogP contribution in [0.25, 0.3) is 0 Å². The van der Waals surface area contributed by atoms with Gasteiger partial charge in [0.2, 0.25) is 11.8 Å². The summed E-state index contributed by atoms with van der Waals surface area (Å²) in [7, 11) is 0.